The van der Waals surface area contributed by atoms with Gasteiger partial charge >= 0.3 is 0 Å². The van der Waals surface area contributed by atoms with Crippen LogP contribution in [0.1, 0.15) is 32.1 Å². The van der Waals surface area contributed by atoms with Crippen LogP contribution in [0.5, 0.6) is 0 Å². The van der Waals surface area contributed by atoms with Crippen molar-refractivity contribution in [2.45, 2.75) is 32.1 Å². The third-order valence-electron chi connectivity index (χ3n) is 2.58. The molecule has 0 aromatic heterocycles. The second-order valence-corrected chi connectivity index (χ2v) is 3.31. The highest BCUT2D eigenvalue weighted by Gasteiger charge is 2.42. The molecule has 0 bridgehead atoms. The van der Waals surface area contributed by atoms with Crippen molar-refractivity contribution in [3.63, 3.8) is 0 Å². The molecule has 0 unspecified atom stereocenters. The summed E-state index contributed by atoms with van der Waals surface area (Å²) >= 11 is 0. The third-order valence-corrected chi connectivity index (χ3v) is 2.58. The Labute approximate surface area is 55.4 Å². The zero-order valence-electron chi connectivity index (χ0n) is 5.60. The van der Waals surface area contributed by atoms with Gasteiger partial charge in [0.25, 0.3) is 0 Å². The first kappa shape index (κ1) is 5.45. The van der Waals surface area contributed by atoms with Gasteiger partial charge in [0.2, 0.25) is 0 Å². The summed E-state index contributed by atoms with van der Waals surface area (Å²) in [6.07, 6.45) is 5.88. The van der Waals surface area contributed by atoms with E-state index in [1.165, 1.54) is 19.3 Å². The molecule has 9 heavy (non-hydrogen) atoms. The summed E-state index contributed by atoms with van der Waals surface area (Å²) in [5, 5.41) is 0. The van der Waals surface area contributed by atoms with Crippen molar-refractivity contribution in [1.29, 1.82) is 0 Å². The summed E-state index contributed by atoms with van der Waals surface area (Å²) in [7, 11) is 0. The van der Waals surface area contributed by atoms with Crippen LogP contribution in [0.3, 0.4) is 0 Å². The molecule has 0 N–H and O–H groups in total. The Balaban J connectivity index is 2.03. The van der Waals surface area contributed by atoms with E-state index in [0.717, 1.165) is 18.8 Å². The SMILES string of the molecule is O=C1CCCC[C@H]2C[C@@H]12. The molecule has 0 spiro atoms. The van der Waals surface area contributed by atoms with Crippen molar-refractivity contribution < 1.29 is 4.79 Å². The van der Waals surface area contributed by atoms with E-state index in [2.05, 4.69) is 0 Å². The molecule has 0 heterocycles. The minimum absolute atomic E-state index is 0.521. The lowest BCUT2D eigenvalue weighted by Gasteiger charge is -1.90. The van der Waals surface area contributed by atoms with Gasteiger partial charge in [-0.05, 0) is 25.2 Å². The lowest BCUT2D eigenvalue weighted by molar-refractivity contribution is -0.120. The zero-order valence-corrected chi connectivity index (χ0v) is 5.60. The number of hydrogen-bond donors (Lipinski definition) is 0. The van der Waals surface area contributed by atoms with Crippen molar-refractivity contribution >= 4 is 5.78 Å². The normalized spacial score (nSPS) is 41.6. The maximum absolute atomic E-state index is 11.1. The van der Waals surface area contributed by atoms with Crippen LogP contribution in [0.2, 0.25) is 0 Å². The minimum Gasteiger partial charge on any atom is -0.299 e. The lowest BCUT2D eigenvalue weighted by Crippen LogP contribution is -1.98. The summed E-state index contributed by atoms with van der Waals surface area (Å²) in [6.45, 7) is 0. The Bertz CT molecular complexity index is 140. The number of carbonyl (C=O) groups excluding carboxylic acids is 1. The topological polar surface area (TPSA) is 17.1 Å². The number of fused-ring (bicyclic) bond motifs is 1. The Morgan fingerprint density at radius 2 is 2.22 bits per heavy atom. The van der Waals surface area contributed by atoms with Gasteiger partial charge in [-0.15, -0.1) is 0 Å². The van der Waals surface area contributed by atoms with E-state index in [1.807, 2.05) is 0 Å². The van der Waals surface area contributed by atoms with Crippen LogP contribution < -0.4 is 0 Å². The number of ketones is 1. The molecule has 50 valence electrons. The molecule has 0 aromatic rings. The molecule has 0 radical (unpaired) electrons. The predicted molar refractivity (Wildman–Crippen MR) is 35.1 cm³/mol. The smallest absolute Gasteiger partial charge is 0.136 e. The van der Waals surface area contributed by atoms with Gasteiger partial charge in [0.1, 0.15) is 5.78 Å². The molecule has 2 rings (SSSR count). The zero-order chi connectivity index (χ0) is 6.27. The highest BCUT2D eigenvalue weighted by atomic mass is 16.1. The average molecular weight is 124 g/mol. The monoisotopic (exact) mass is 124 g/mol. The molecule has 0 aromatic carbocycles. The quantitative estimate of drug-likeness (QED) is 0.481. The molecule has 2 fully saturated rings. The minimum atomic E-state index is 0.521. The van der Waals surface area contributed by atoms with Crippen LogP contribution in [0.4, 0.5) is 0 Å². The largest absolute Gasteiger partial charge is 0.299 e. The van der Waals surface area contributed by atoms with Crippen molar-refractivity contribution in [2.75, 3.05) is 0 Å². The Morgan fingerprint density at radius 1 is 1.33 bits per heavy atom. The number of rotatable bonds is 0. The highest BCUT2D eigenvalue weighted by molar-refractivity contribution is 5.83. The van der Waals surface area contributed by atoms with Crippen LogP contribution in [-0.4, -0.2) is 5.78 Å². The number of Topliss-reactive ketones (excluding diaryl/α,β-unsaturated/α-hetero) is 1. The van der Waals surface area contributed by atoms with E-state index < -0.39 is 0 Å². The number of hydrogen-bond acceptors (Lipinski definition) is 1. The predicted octanol–water partition coefficient (Wildman–Crippen LogP) is 1.77. The Kier molecular flexibility index (Phi) is 1.11. The van der Waals surface area contributed by atoms with Gasteiger partial charge in [0.15, 0.2) is 0 Å². The molecule has 2 atom stereocenters. The summed E-state index contributed by atoms with van der Waals surface area (Å²) < 4.78 is 0. The fourth-order valence-electron chi connectivity index (χ4n) is 1.85. The van der Waals surface area contributed by atoms with Gasteiger partial charge in [-0.1, -0.05) is 6.42 Å². The molecule has 2 aliphatic rings. The second kappa shape index (κ2) is 1.83. The molecule has 0 aliphatic heterocycles. The van der Waals surface area contributed by atoms with Crippen molar-refractivity contribution in [1.82, 2.24) is 0 Å². The van der Waals surface area contributed by atoms with E-state index in [0.29, 0.717) is 11.7 Å². The summed E-state index contributed by atoms with van der Waals surface area (Å²) in [5.41, 5.74) is 0. The first-order valence-corrected chi connectivity index (χ1v) is 3.90. The van der Waals surface area contributed by atoms with Crippen molar-refractivity contribution in [3.8, 4) is 0 Å². The van der Waals surface area contributed by atoms with Gasteiger partial charge in [-0.25, -0.2) is 0 Å². The lowest BCUT2D eigenvalue weighted by atomic mass is 10.1. The van der Waals surface area contributed by atoms with Crippen LogP contribution in [-0.2, 0) is 4.79 Å². The summed E-state index contributed by atoms with van der Waals surface area (Å²) in [6, 6.07) is 0. The van der Waals surface area contributed by atoms with E-state index in [9.17, 15) is 4.79 Å². The maximum atomic E-state index is 11.1. The molecule has 0 saturated heterocycles. The molecule has 2 aliphatic carbocycles. The summed E-state index contributed by atoms with van der Waals surface area (Å²) in [4.78, 5) is 11.1. The van der Waals surface area contributed by atoms with Gasteiger partial charge < -0.3 is 0 Å². The van der Waals surface area contributed by atoms with Crippen LogP contribution in [0.25, 0.3) is 0 Å². The fraction of sp³-hybridized carbons (Fsp3) is 0.875. The van der Waals surface area contributed by atoms with E-state index in [1.54, 1.807) is 0 Å². The molecule has 1 nitrogen and oxygen atoms in total. The van der Waals surface area contributed by atoms with E-state index in [-0.39, 0.29) is 0 Å². The molecule has 0 amide bonds. The Hall–Kier alpha value is -0.330. The van der Waals surface area contributed by atoms with Gasteiger partial charge in [0, 0.05) is 12.3 Å². The summed E-state index contributed by atoms with van der Waals surface area (Å²) in [5.74, 6) is 1.89. The van der Waals surface area contributed by atoms with E-state index in [4.69, 9.17) is 0 Å². The van der Waals surface area contributed by atoms with Crippen LogP contribution in [0, 0.1) is 11.8 Å². The first-order valence-electron chi connectivity index (χ1n) is 3.90. The fourth-order valence-corrected chi connectivity index (χ4v) is 1.85. The van der Waals surface area contributed by atoms with Crippen LogP contribution >= 0.6 is 0 Å². The van der Waals surface area contributed by atoms with Crippen molar-refractivity contribution in [3.05, 3.63) is 0 Å². The van der Waals surface area contributed by atoms with Gasteiger partial charge in [-0.3, -0.25) is 4.79 Å². The molecular formula is C8H12O. The van der Waals surface area contributed by atoms with Crippen LogP contribution in [0.15, 0.2) is 0 Å². The average Bonchev–Trinajstić information content (AvgIpc) is 2.55. The first-order chi connectivity index (χ1) is 4.38. The van der Waals surface area contributed by atoms with Gasteiger partial charge in [0.05, 0.1) is 0 Å². The van der Waals surface area contributed by atoms with Gasteiger partial charge in [-0.2, -0.15) is 0 Å². The standard InChI is InChI=1S/C8H12O/c9-8-4-2-1-3-6-5-7(6)8/h6-7H,1-5H2/t6-,7+/m0/s1. The second-order valence-electron chi connectivity index (χ2n) is 3.31. The highest BCUT2D eigenvalue weighted by Crippen LogP contribution is 2.45. The van der Waals surface area contributed by atoms with E-state index >= 15 is 0 Å². The number of carbonyl (C=O) groups is 1. The molecule has 1 heteroatoms. The molecular weight excluding hydrogens is 112 g/mol. The maximum Gasteiger partial charge on any atom is 0.136 e. The third kappa shape index (κ3) is 0.887. The molecule has 2 saturated carbocycles. The van der Waals surface area contributed by atoms with Crippen molar-refractivity contribution in [2.24, 2.45) is 11.8 Å². The Morgan fingerprint density at radius 3 is 3.11 bits per heavy atom.